The standard InChI is InChI=1S/C20H19Cl2N3/c1-24-19-13-25(12-15-7-8-16(21)11-17(15)22)10-9-18(19)23-20(24)14-5-3-2-4-6-14/h2-8,11H,9-10,12-13H2,1H3. The highest BCUT2D eigenvalue weighted by Gasteiger charge is 2.23. The molecule has 0 saturated heterocycles. The zero-order valence-electron chi connectivity index (χ0n) is 14.0. The second kappa shape index (κ2) is 6.83. The molecule has 3 nitrogen and oxygen atoms in total. The van der Waals surface area contributed by atoms with E-state index < -0.39 is 0 Å². The van der Waals surface area contributed by atoms with Crippen LogP contribution in [0.25, 0.3) is 11.4 Å². The smallest absolute Gasteiger partial charge is 0.140 e. The summed E-state index contributed by atoms with van der Waals surface area (Å²) in [4.78, 5) is 7.29. The number of hydrogen-bond donors (Lipinski definition) is 0. The molecule has 0 saturated carbocycles. The van der Waals surface area contributed by atoms with Gasteiger partial charge in [0.1, 0.15) is 5.82 Å². The van der Waals surface area contributed by atoms with Crippen molar-refractivity contribution >= 4 is 23.2 Å². The Bertz CT molecular complexity index is 903. The van der Waals surface area contributed by atoms with Crippen molar-refractivity contribution in [2.75, 3.05) is 6.54 Å². The summed E-state index contributed by atoms with van der Waals surface area (Å²) in [5.41, 5.74) is 4.77. The zero-order valence-corrected chi connectivity index (χ0v) is 15.6. The van der Waals surface area contributed by atoms with Gasteiger partial charge >= 0.3 is 0 Å². The molecule has 1 aliphatic heterocycles. The summed E-state index contributed by atoms with van der Waals surface area (Å²) in [6, 6.07) is 16.1. The van der Waals surface area contributed by atoms with Gasteiger partial charge in [-0.1, -0.05) is 59.6 Å². The van der Waals surface area contributed by atoms with Crippen LogP contribution in [0.4, 0.5) is 0 Å². The van der Waals surface area contributed by atoms with E-state index in [2.05, 4.69) is 40.8 Å². The minimum Gasteiger partial charge on any atom is -0.330 e. The van der Waals surface area contributed by atoms with Crippen LogP contribution in [0, 0.1) is 0 Å². The van der Waals surface area contributed by atoms with Gasteiger partial charge in [-0.15, -0.1) is 0 Å². The molecular formula is C20H19Cl2N3. The van der Waals surface area contributed by atoms with Crippen molar-refractivity contribution in [2.24, 2.45) is 7.05 Å². The van der Waals surface area contributed by atoms with E-state index in [9.17, 15) is 0 Å². The van der Waals surface area contributed by atoms with Gasteiger partial charge in [0.2, 0.25) is 0 Å². The lowest BCUT2D eigenvalue weighted by Gasteiger charge is -2.27. The second-order valence-corrected chi connectivity index (χ2v) is 7.29. The highest BCUT2D eigenvalue weighted by molar-refractivity contribution is 6.35. The number of nitrogens with zero attached hydrogens (tertiary/aromatic N) is 3. The summed E-state index contributed by atoms with van der Waals surface area (Å²) < 4.78 is 2.22. The Labute approximate surface area is 157 Å². The zero-order chi connectivity index (χ0) is 17.4. The molecular weight excluding hydrogens is 353 g/mol. The topological polar surface area (TPSA) is 21.1 Å². The van der Waals surface area contributed by atoms with Gasteiger partial charge in [0.25, 0.3) is 0 Å². The van der Waals surface area contributed by atoms with Crippen molar-refractivity contribution in [1.82, 2.24) is 14.5 Å². The Morgan fingerprint density at radius 3 is 2.64 bits per heavy atom. The van der Waals surface area contributed by atoms with Crippen molar-refractivity contribution in [1.29, 1.82) is 0 Å². The molecule has 128 valence electrons. The molecule has 0 radical (unpaired) electrons. The number of fused-ring (bicyclic) bond motifs is 1. The minimum absolute atomic E-state index is 0.675. The molecule has 4 rings (SSSR count). The largest absolute Gasteiger partial charge is 0.330 e. The number of halogens is 2. The number of imidazole rings is 1. The van der Waals surface area contributed by atoms with Gasteiger partial charge in [0.05, 0.1) is 11.4 Å². The first-order valence-electron chi connectivity index (χ1n) is 8.38. The normalized spacial score (nSPS) is 14.5. The molecule has 0 bridgehead atoms. The molecule has 2 aromatic carbocycles. The van der Waals surface area contributed by atoms with Gasteiger partial charge in [0.15, 0.2) is 0 Å². The van der Waals surface area contributed by atoms with E-state index in [1.807, 2.05) is 24.3 Å². The Morgan fingerprint density at radius 2 is 1.88 bits per heavy atom. The van der Waals surface area contributed by atoms with Crippen LogP contribution < -0.4 is 0 Å². The molecule has 3 aromatic rings. The van der Waals surface area contributed by atoms with Crippen LogP contribution in [0.1, 0.15) is 17.0 Å². The Kier molecular flexibility index (Phi) is 4.55. The Hall–Kier alpha value is -1.81. The van der Waals surface area contributed by atoms with Crippen LogP contribution in [-0.2, 0) is 26.6 Å². The van der Waals surface area contributed by atoms with Crippen molar-refractivity contribution in [3.05, 3.63) is 75.5 Å². The van der Waals surface area contributed by atoms with Crippen molar-refractivity contribution in [3.8, 4) is 11.4 Å². The summed E-state index contributed by atoms with van der Waals surface area (Å²) in [6.07, 6.45) is 0.960. The lowest BCUT2D eigenvalue weighted by molar-refractivity contribution is 0.238. The van der Waals surface area contributed by atoms with E-state index in [1.165, 1.54) is 11.4 Å². The minimum atomic E-state index is 0.675. The quantitative estimate of drug-likeness (QED) is 0.649. The molecule has 0 amide bonds. The number of aromatic nitrogens is 2. The Balaban J connectivity index is 1.58. The summed E-state index contributed by atoms with van der Waals surface area (Å²) >= 11 is 12.3. The van der Waals surface area contributed by atoms with Crippen LogP contribution in [0.15, 0.2) is 48.5 Å². The number of hydrogen-bond acceptors (Lipinski definition) is 2. The number of benzene rings is 2. The van der Waals surface area contributed by atoms with Gasteiger partial charge in [-0.2, -0.15) is 0 Å². The monoisotopic (exact) mass is 371 g/mol. The van der Waals surface area contributed by atoms with Gasteiger partial charge in [-0.05, 0) is 17.7 Å². The molecule has 0 unspecified atom stereocenters. The highest BCUT2D eigenvalue weighted by atomic mass is 35.5. The van der Waals surface area contributed by atoms with E-state index in [-0.39, 0.29) is 0 Å². The first-order chi connectivity index (χ1) is 12.1. The van der Waals surface area contributed by atoms with Gasteiger partial charge in [-0.25, -0.2) is 4.98 Å². The van der Waals surface area contributed by atoms with Crippen LogP contribution >= 0.6 is 23.2 Å². The van der Waals surface area contributed by atoms with Crippen molar-refractivity contribution in [2.45, 2.75) is 19.5 Å². The molecule has 1 aliphatic rings. The van der Waals surface area contributed by atoms with Crippen LogP contribution in [0.2, 0.25) is 10.0 Å². The third kappa shape index (κ3) is 3.32. The molecule has 0 spiro atoms. The molecule has 2 heterocycles. The van der Waals surface area contributed by atoms with E-state index in [1.54, 1.807) is 0 Å². The lowest BCUT2D eigenvalue weighted by atomic mass is 10.1. The summed E-state index contributed by atoms with van der Waals surface area (Å²) in [5, 5.41) is 1.40. The third-order valence-electron chi connectivity index (χ3n) is 4.78. The van der Waals surface area contributed by atoms with E-state index >= 15 is 0 Å². The van der Waals surface area contributed by atoms with Gasteiger partial charge < -0.3 is 4.57 Å². The van der Waals surface area contributed by atoms with Crippen LogP contribution in [-0.4, -0.2) is 21.0 Å². The van der Waals surface area contributed by atoms with Crippen LogP contribution in [0.5, 0.6) is 0 Å². The summed E-state index contributed by atoms with van der Waals surface area (Å²) in [5.74, 6) is 1.04. The average Bonchev–Trinajstić information content (AvgIpc) is 2.95. The van der Waals surface area contributed by atoms with E-state index in [4.69, 9.17) is 28.2 Å². The van der Waals surface area contributed by atoms with Crippen molar-refractivity contribution < 1.29 is 0 Å². The highest BCUT2D eigenvalue weighted by Crippen LogP contribution is 2.28. The molecule has 0 aliphatic carbocycles. The second-order valence-electron chi connectivity index (χ2n) is 6.45. The van der Waals surface area contributed by atoms with Crippen molar-refractivity contribution in [3.63, 3.8) is 0 Å². The Morgan fingerprint density at radius 1 is 1.08 bits per heavy atom. The fraction of sp³-hybridized carbons (Fsp3) is 0.250. The molecule has 1 aromatic heterocycles. The fourth-order valence-electron chi connectivity index (χ4n) is 3.41. The fourth-order valence-corrected chi connectivity index (χ4v) is 3.88. The molecule has 0 atom stereocenters. The third-order valence-corrected chi connectivity index (χ3v) is 5.36. The molecule has 25 heavy (non-hydrogen) atoms. The SMILES string of the molecule is Cn1c(-c2ccccc2)nc2c1CN(Cc1ccc(Cl)cc1Cl)CC2. The number of rotatable bonds is 3. The maximum Gasteiger partial charge on any atom is 0.140 e. The van der Waals surface area contributed by atoms with Gasteiger partial charge in [0, 0.05) is 48.7 Å². The summed E-state index contributed by atoms with van der Waals surface area (Å²) in [6.45, 7) is 2.68. The van der Waals surface area contributed by atoms with E-state index in [0.29, 0.717) is 5.02 Å². The average molecular weight is 372 g/mol. The predicted octanol–water partition coefficient (Wildman–Crippen LogP) is 4.95. The summed E-state index contributed by atoms with van der Waals surface area (Å²) in [7, 11) is 2.10. The molecule has 0 N–H and O–H groups in total. The lowest BCUT2D eigenvalue weighted by Crippen LogP contribution is -2.31. The first kappa shape index (κ1) is 16.6. The van der Waals surface area contributed by atoms with E-state index in [0.717, 1.165) is 48.0 Å². The first-order valence-corrected chi connectivity index (χ1v) is 9.13. The maximum atomic E-state index is 6.34. The van der Waals surface area contributed by atoms with Crippen LogP contribution in [0.3, 0.4) is 0 Å². The molecule has 0 fully saturated rings. The predicted molar refractivity (Wildman–Crippen MR) is 103 cm³/mol. The maximum absolute atomic E-state index is 6.34. The molecule has 5 heteroatoms. The van der Waals surface area contributed by atoms with Gasteiger partial charge in [-0.3, -0.25) is 4.90 Å².